The Bertz CT molecular complexity index is 542. The molecule has 0 heterocycles. The maximum atomic E-state index is 5.74. The van der Waals surface area contributed by atoms with E-state index in [2.05, 4.69) is 48.5 Å². The van der Waals surface area contributed by atoms with Crippen LogP contribution >= 0.6 is 12.2 Å². The molecule has 5 rings (SSSR count). The van der Waals surface area contributed by atoms with E-state index in [1.807, 2.05) is 0 Å². The Morgan fingerprint density at radius 1 is 1.05 bits per heavy atom. The molecule has 22 heavy (non-hydrogen) atoms. The summed E-state index contributed by atoms with van der Waals surface area (Å²) in [6, 6.07) is 8.51. The van der Waals surface area contributed by atoms with Gasteiger partial charge in [-0.3, -0.25) is 0 Å². The van der Waals surface area contributed by atoms with Gasteiger partial charge < -0.3 is 10.2 Å². The van der Waals surface area contributed by atoms with Crippen molar-refractivity contribution in [3.05, 3.63) is 29.8 Å². The van der Waals surface area contributed by atoms with Gasteiger partial charge in [-0.1, -0.05) is 17.7 Å². The lowest BCUT2D eigenvalue weighted by Gasteiger charge is -2.60. The topological polar surface area (TPSA) is 15.3 Å². The number of thiocarbonyl (C=S) groups is 1. The Morgan fingerprint density at radius 3 is 2.05 bits per heavy atom. The number of hydrogen-bond donors (Lipinski definition) is 1. The predicted octanol–water partition coefficient (Wildman–Crippen LogP) is 4.59. The van der Waals surface area contributed by atoms with Gasteiger partial charge in [-0.25, -0.2) is 0 Å². The quantitative estimate of drug-likeness (QED) is 0.804. The van der Waals surface area contributed by atoms with Gasteiger partial charge in [0.25, 0.3) is 0 Å². The standard InChI is InChI=1S/C19H26N2S/c1-13-3-5-17(6-4-13)20-18(22)21(2)19-10-14-7-15(11-19)9-16(8-14)12-19/h3-6,14-16H,7-12H2,1-2H3,(H,20,22). The van der Waals surface area contributed by atoms with Gasteiger partial charge in [-0.2, -0.15) is 0 Å². The van der Waals surface area contributed by atoms with E-state index >= 15 is 0 Å². The molecular formula is C19H26N2S. The zero-order chi connectivity index (χ0) is 15.3. The summed E-state index contributed by atoms with van der Waals surface area (Å²) in [4.78, 5) is 2.41. The van der Waals surface area contributed by atoms with Crippen molar-refractivity contribution in [1.29, 1.82) is 0 Å². The Hall–Kier alpha value is -1.09. The van der Waals surface area contributed by atoms with Crippen molar-refractivity contribution in [3.8, 4) is 0 Å². The minimum absolute atomic E-state index is 0.337. The van der Waals surface area contributed by atoms with E-state index in [9.17, 15) is 0 Å². The van der Waals surface area contributed by atoms with Crippen molar-refractivity contribution in [2.75, 3.05) is 12.4 Å². The van der Waals surface area contributed by atoms with Gasteiger partial charge in [0.1, 0.15) is 0 Å². The van der Waals surface area contributed by atoms with E-state index in [0.717, 1.165) is 28.6 Å². The fourth-order valence-corrected chi connectivity index (χ4v) is 5.85. The van der Waals surface area contributed by atoms with Crippen LogP contribution in [-0.4, -0.2) is 22.6 Å². The summed E-state index contributed by atoms with van der Waals surface area (Å²) in [5, 5.41) is 4.35. The molecule has 2 nitrogen and oxygen atoms in total. The minimum Gasteiger partial charge on any atom is -0.346 e. The highest BCUT2D eigenvalue weighted by atomic mass is 32.1. The Balaban J connectivity index is 1.50. The molecule has 4 saturated carbocycles. The lowest BCUT2D eigenvalue weighted by molar-refractivity contribution is -0.0538. The van der Waals surface area contributed by atoms with E-state index in [4.69, 9.17) is 12.2 Å². The summed E-state index contributed by atoms with van der Waals surface area (Å²) in [5.41, 5.74) is 2.72. The SMILES string of the molecule is Cc1ccc(NC(=S)N(C)C23CC4CC(CC(C4)C2)C3)cc1. The number of hydrogen-bond acceptors (Lipinski definition) is 1. The molecule has 1 aromatic carbocycles. The monoisotopic (exact) mass is 314 g/mol. The number of rotatable bonds is 2. The highest BCUT2D eigenvalue weighted by Gasteiger charge is 2.53. The first-order valence-electron chi connectivity index (χ1n) is 8.65. The molecule has 0 radical (unpaired) electrons. The van der Waals surface area contributed by atoms with Gasteiger partial charge in [0, 0.05) is 18.3 Å². The zero-order valence-corrected chi connectivity index (χ0v) is 14.5. The van der Waals surface area contributed by atoms with Crippen LogP contribution in [0.5, 0.6) is 0 Å². The average Bonchev–Trinajstić information content (AvgIpc) is 2.47. The van der Waals surface area contributed by atoms with Crippen LogP contribution in [0.25, 0.3) is 0 Å². The molecule has 0 amide bonds. The van der Waals surface area contributed by atoms with Crippen molar-refractivity contribution >= 4 is 23.0 Å². The molecule has 4 bridgehead atoms. The van der Waals surface area contributed by atoms with Gasteiger partial charge in [-0.15, -0.1) is 0 Å². The molecule has 3 heteroatoms. The van der Waals surface area contributed by atoms with Crippen LogP contribution in [0.1, 0.15) is 44.1 Å². The fraction of sp³-hybridized carbons (Fsp3) is 0.632. The average molecular weight is 314 g/mol. The van der Waals surface area contributed by atoms with E-state index in [-0.39, 0.29) is 0 Å². The normalized spacial score (nSPS) is 35.5. The van der Waals surface area contributed by atoms with Crippen molar-refractivity contribution in [2.24, 2.45) is 17.8 Å². The van der Waals surface area contributed by atoms with Gasteiger partial charge >= 0.3 is 0 Å². The second kappa shape index (κ2) is 5.23. The van der Waals surface area contributed by atoms with Crippen LogP contribution in [0.2, 0.25) is 0 Å². The Labute approximate surface area is 139 Å². The van der Waals surface area contributed by atoms with Crippen LogP contribution in [-0.2, 0) is 0 Å². The maximum absolute atomic E-state index is 5.74. The molecule has 1 aromatic rings. The summed E-state index contributed by atoms with van der Waals surface area (Å²) in [5.74, 6) is 2.86. The molecular weight excluding hydrogens is 288 g/mol. The molecule has 4 fully saturated rings. The van der Waals surface area contributed by atoms with Crippen molar-refractivity contribution < 1.29 is 0 Å². The summed E-state index contributed by atoms with van der Waals surface area (Å²) in [6.07, 6.45) is 8.49. The molecule has 0 saturated heterocycles. The molecule has 4 aliphatic carbocycles. The maximum Gasteiger partial charge on any atom is 0.173 e. The molecule has 0 atom stereocenters. The summed E-state index contributed by atoms with van der Waals surface area (Å²) in [7, 11) is 2.22. The van der Waals surface area contributed by atoms with E-state index < -0.39 is 0 Å². The summed E-state index contributed by atoms with van der Waals surface area (Å²) in [6.45, 7) is 2.11. The lowest BCUT2D eigenvalue weighted by Crippen LogP contribution is -2.60. The second-order valence-corrected chi connectivity index (χ2v) is 8.38. The number of anilines is 1. The molecule has 0 aliphatic heterocycles. The third-order valence-corrected chi connectivity index (χ3v) is 6.70. The Kier molecular flexibility index (Phi) is 3.44. The summed E-state index contributed by atoms with van der Waals surface area (Å²) < 4.78 is 0. The number of aryl methyl sites for hydroxylation is 1. The minimum atomic E-state index is 0.337. The van der Waals surface area contributed by atoms with Crippen LogP contribution in [0.4, 0.5) is 5.69 Å². The third-order valence-electron chi connectivity index (χ3n) is 6.32. The van der Waals surface area contributed by atoms with Gasteiger partial charge in [0.15, 0.2) is 5.11 Å². The lowest BCUT2D eigenvalue weighted by atomic mass is 9.52. The zero-order valence-electron chi connectivity index (χ0n) is 13.6. The van der Waals surface area contributed by atoms with Crippen molar-refractivity contribution in [2.45, 2.75) is 51.0 Å². The predicted molar refractivity (Wildman–Crippen MR) is 96.1 cm³/mol. The van der Waals surface area contributed by atoms with Gasteiger partial charge in [0.2, 0.25) is 0 Å². The molecule has 118 valence electrons. The third kappa shape index (κ3) is 2.44. The molecule has 0 spiro atoms. The molecule has 0 unspecified atom stereocenters. The molecule has 4 aliphatic rings. The molecule has 0 aromatic heterocycles. The highest BCUT2D eigenvalue weighted by molar-refractivity contribution is 7.80. The van der Waals surface area contributed by atoms with E-state index in [0.29, 0.717) is 5.54 Å². The van der Waals surface area contributed by atoms with E-state index in [1.54, 1.807) is 0 Å². The first kappa shape index (κ1) is 14.5. The number of nitrogens with one attached hydrogen (secondary N) is 1. The summed E-state index contributed by atoms with van der Waals surface area (Å²) >= 11 is 5.74. The van der Waals surface area contributed by atoms with Gasteiger partial charge in [0.05, 0.1) is 0 Å². The van der Waals surface area contributed by atoms with Gasteiger partial charge in [-0.05, 0) is 87.6 Å². The fourth-order valence-electron chi connectivity index (χ4n) is 5.54. The Morgan fingerprint density at radius 2 is 1.55 bits per heavy atom. The number of nitrogens with zero attached hydrogens (tertiary/aromatic N) is 1. The smallest absolute Gasteiger partial charge is 0.173 e. The second-order valence-electron chi connectivity index (χ2n) is 8.00. The van der Waals surface area contributed by atoms with Crippen LogP contribution in [0.3, 0.4) is 0 Å². The largest absolute Gasteiger partial charge is 0.346 e. The van der Waals surface area contributed by atoms with Crippen molar-refractivity contribution in [1.82, 2.24) is 4.90 Å². The van der Waals surface area contributed by atoms with Crippen molar-refractivity contribution in [3.63, 3.8) is 0 Å². The van der Waals surface area contributed by atoms with Crippen LogP contribution < -0.4 is 5.32 Å². The molecule has 1 N–H and O–H groups in total. The van der Waals surface area contributed by atoms with Crippen LogP contribution in [0.15, 0.2) is 24.3 Å². The first-order chi connectivity index (χ1) is 10.5. The first-order valence-corrected chi connectivity index (χ1v) is 9.06. The number of benzene rings is 1. The van der Waals surface area contributed by atoms with E-state index in [1.165, 1.54) is 44.1 Å². The van der Waals surface area contributed by atoms with Crippen LogP contribution in [0, 0.1) is 24.7 Å². The highest BCUT2D eigenvalue weighted by Crippen LogP contribution is 2.57.